The van der Waals surface area contributed by atoms with Crippen molar-refractivity contribution in [3.63, 3.8) is 0 Å². The van der Waals surface area contributed by atoms with E-state index in [-0.39, 0.29) is 27.7 Å². The average molecular weight is 511 g/mol. The number of aromatic nitrogens is 1. The zero-order valence-electron chi connectivity index (χ0n) is 20.5. The van der Waals surface area contributed by atoms with Gasteiger partial charge in [-0.15, -0.1) is 0 Å². The van der Waals surface area contributed by atoms with Crippen molar-refractivity contribution in [1.29, 1.82) is 0 Å². The Balaban J connectivity index is 2.26. The van der Waals surface area contributed by atoms with Crippen molar-refractivity contribution in [3.8, 4) is 5.75 Å². The number of halogens is 3. The highest BCUT2D eigenvalue weighted by atomic mass is 32.2. The van der Waals surface area contributed by atoms with E-state index in [1.165, 1.54) is 24.3 Å². The molecule has 6 nitrogen and oxygen atoms in total. The number of hydrogen-bond donors (Lipinski definition) is 1. The second-order valence-electron chi connectivity index (χ2n) is 9.56. The minimum atomic E-state index is -4.68. The van der Waals surface area contributed by atoms with Crippen molar-refractivity contribution in [2.45, 2.75) is 49.7 Å². The van der Waals surface area contributed by atoms with Crippen LogP contribution in [0.15, 0.2) is 41.3 Å². The van der Waals surface area contributed by atoms with Gasteiger partial charge in [0.1, 0.15) is 11.4 Å². The molecule has 0 fully saturated rings. The summed E-state index contributed by atoms with van der Waals surface area (Å²) < 4.78 is 61.2. The van der Waals surface area contributed by atoms with E-state index in [1.54, 1.807) is 52.5 Å². The van der Waals surface area contributed by atoms with Gasteiger partial charge in [-0.25, -0.2) is 4.79 Å². The highest BCUT2D eigenvalue weighted by Crippen LogP contribution is 2.38. The lowest BCUT2D eigenvalue weighted by atomic mass is 10.0. The van der Waals surface area contributed by atoms with E-state index in [2.05, 4.69) is 0 Å². The summed E-state index contributed by atoms with van der Waals surface area (Å²) in [5.41, 5.74) is -0.454. The molecule has 3 aromatic rings. The molecule has 0 aliphatic carbocycles. The van der Waals surface area contributed by atoms with Crippen molar-refractivity contribution in [1.82, 2.24) is 9.47 Å². The van der Waals surface area contributed by atoms with Gasteiger partial charge < -0.3 is 19.3 Å². The molecule has 0 radical (unpaired) electrons. The summed E-state index contributed by atoms with van der Waals surface area (Å²) in [4.78, 5) is 14.8. The minimum Gasteiger partial charge on any atom is -0.508 e. The molecule has 1 aromatic heterocycles. The Kier molecular flexibility index (Phi) is 7.38. The molecule has 1 heterocycles. The van der Waals surface area contributed by atoms with Crippen LogP contribution in [0, 0.1) is 0 Å². The summed E-state index contributed by atoms with van der Waals surface area (Å²) in [7, 11) is 3.13. The number of phenols is 1. The monoisotopic (exact) mass is 510 g/mol. The number of fused-ring (bicyclic) bond motifs is 1. The Morgan fingerprint density at radius 1 is 1.11 bits per heavy atom. The first-order valence-corrected chi connectivity index (χ1v) is 12.2. The van der Waals surface area contributed by atoms with Crippen LogP contribution in [0.4, 0.5) is 13.2 Å². The van der Waals surface area contributed by atoms with Crippen LogP contribution in [-0.2, 0) is 41.1 Å². The first-order valence-electron chi connectivity index (χ1n) is 10.9. The van der Waals surface area contributed by atoms with E-state index >= 15 is 0 Å². The quantitative estimate of drug-likeness (QED) is 0.460. The second kappa shape index (κ2) is 9.66. The van der Waals surface area contributed by atoms with Crippen LogP contribution in [0.1, 0.15) is 48.0 Å². The van der Waals surface area contributed by atoms with Gasteiger partial charge in [-0.05, 0) is 59.1 Å². The summed E-state index contributed by atoms with van der Waals surface area (Å²) in [6.07, 6.45) is -4.68. The van der Waals surface area contributed by atoms with E-state index in [0.717, 1.165) is 6.07 Å². The number of hydrogen-bond acceptors (Lipinski definition) is 5. The number of aromatic hydroxyl groups is 1. The topological polar surface area (TPSA) is 71.8 Å². The third-order valence-corrected chi connectivity index (χ3v) is 6.74. The van der Waals surface area contributed by atoms with Crippen LogP contribution < -0.4 is 0 Å². The van der Waals surface area contributed by atoms with E-state index < -0.39 is 34.1 Å². The number of rotatable bonds is 6. The number of alkyl halides is 3. The van der Waals surface area contributed by atoms with Crippen molar-refractivity contribution in [3.05, 3.63) is 58.8 Å². The zero-order valence-corrected chi connectivity index (χ0v) is 21.3. The van der Waals surface area contributed by atoms with E-state index in [4.69, 9.17) is 4.74 Å². The minimum absolute atomic E-state index is 0.0308. The maximum absolute atomic E-state index is 13.6. The number of carbonyl (C=O) groups is 1. The largest absolute Gasteiger partial charge is 0.508 e. The van der Waals surface area contributed by atoms with Gasteiger partial charge in [0.15, 0.2) is 0 Å². The molecule has 3 rings (SSSR count). The predicted octanol–water partition coefficient (Wildman–Crippen LogP) is 5.23. The smallest absolute Gasteiger partial charge is 0.417 e. The van der Waals surface area contributed by atoms with Gasteiger partial charge in [0.2, 0.25) is 0 Å². The summed E-state index contributed by atoms with van der Waals surface area (Å²) >= 11 is 0. The average Bonchev–Trinajstić information content (AvgIpc) is 3.00. The fourth-order valence-electron chi connectivity index (χ4n) is 3.94. The fraction of sp³-hybridized carbons (Fsp3) is 0.400. The van der Waals surface area contributed by atoms with Crippen molar-refractivity contribution in [2.24, 2.45) is 7.05 Å². The van der Waals surface area contributed by atoms with Gasteiger partial charge in [0.05, 0.1) is 32.6 Å². The predicted molar refractivity (Wildman–Crippen MR) is 129 cm³/mol. The van der Waals surface area contributed by atoms with Crippen LogP contribution in [0.5, 0.6) is 5.75 Å². The van der Waals surface area contributed by atoms with Gasteiger partial charge in [0.25, 0.3) is 0 Å². The number of benzene rings is 2. The van der Waals surface area contributed by atoms with Gasteiger partial charge in [-0.1, -0.05) is 12.1 Å². The Bertz CT molecular complexity index is 1290. The second-order valence-corrected chi connectivity index (χ2v) is 11.0. The molecule has 0 saturated carbocycles. The van der Waals surface area contributed by atoms with Crippen molar-refractivity contribution >= 4 is 27.7 Å². The number of nitrogens with zero attached hydrogens (tertiary/aromatic N) is 2. The first-order chi connectivity index (χ1) is 16.1. The van der Waals surface area contributed by atoms with E-state index in [0.29, 0.717) is 23.0 Å². The molecule has 35 heavy (non-hydrogen) atoms. The summed E-state index contributed by atoms with van der Waals surface area (Å²) in [6.45, 7) is 5.39. The normalized spacial score (nSPS) is 13.4. The van der Waals surface area contributed by atoms with Crippen LogP contribution in [0.3, 0.4) is 0 Å². The molecule has 0 amide bonds. The molecule has 0 saturated heterocycles. The number of aryl methyl sites for hydroxylation is 1. The van der Waals surface area contributed by atoms with Crippen LogP contribution in [-0.4, -0.2) is 44.4 Å². The van der Waals surface area contributed by atoms with Crippen molar-refractivity contribution in [2.75, 3.05) is 14.1 Å². The third kappa shape index (κ3) is 5.70. The number of esters is 1. The molecular formula is C25H29F3N2O4S. The van der Waals surface area contributed by atoms with Gasteiger partial charge in [0, 0.05) is 35.8 Å². The lowest BCUT2D eigenvalue weighted by Crippen LogP contribution is -2.25. The van der Waals surface area contributed by atoms with Gasteiger partial charge >= 0.3 is 12.1 Å². The Hall–Kier alpha value is -2.85. The lowest BCUT2D eigenvalue weighted by molar-refractivity contribution is -0.139. The number of ether oxygens (including phenoxy) is 1. The summed E-state index contributed by atoms with van der Waals surface area (Å²) in [5, 5.41) is 11.0. The third-order valence-electron chi connectivity index (χ3n) is 5.35. The maximum atomic E-state index is 13.6. The van der Waals surface area contributed by atoms with E-state index in [9.17, 15) is 27.3 Å². The van der Waals surface area contributed by atoms with Gasteiger partial charge in [-0.3, -0.25) is 4.21 Å². The Morgan fingerprint density at radius 3 is 2.31 bits per heavy atom. The molecule has 190 valence electrons. The molecule has 10 heteroatoms. The zero-order chi connectivity index (χ0) is 26.3. The number of carbonyl (C=O) groups excluding carboxylic acids is 1. The molecule has 1 atom stereocenters. The molecule has 0 aliphatic rings. The van der Waals surface area contributed by atoms with Gasteiger partial charge in [-0.2, -0.15) is 13.2 Å². The number of phenolic OH excluding ortho intramolecular Hbond substituents is 1. The lowest BCUT2D eigenvalue weighted by Gasteiger charge is -2.21. The molecule has 0 bridgehead atoms. The standard InChI is InChI=1S/C25H29F3N2O4S/c1-24(2,3)34-23(32)22-18(14-35(33)20-10-8-7-9-16(20)25(26,27)28)30(6)17-11-12-19(31)15(21(17)22)13-29(4)5/h7-12,31H,13-14H2,1-6H3. The van der Waals surface area contributed by atoms with E-state index in [1.807, 2.05) is 4.90 Å². The first kappa shape index (κ1) is 26.7. The highest BCUT2D eigenvalue weighted by molar-refractivity contribution is 7.84. The molecule has 2 aromatic carbocycles. The molecule has 1 unspecified atom stereocenters. The molecule has 1 N–H and O–H groups in total. The summed E-state index contributed by atoms with van der Waals surface area (Å²) in [5.74, 6) is -1.09. The van der Waals surface area contributed by atoms with Crippen molar-refractivity contribution < 1.29 is 32.0 Å². The van der Waals surface area contributed by atoms with Crippen LogP contribution in [0.25, 0.3) is 10.9 Å². The fourth-order valence-corrected chi connectivity index (χ4v) is 5.34. The maximum Gasteiger partial charge on any atom is 0.417 e. The van der Waals surface area contributed by atoms with Crippen LogP contribution in [0.2, 0.25) is 0 Å². The van der Waals surface area contributed by atoms with Crippen LogP contribution >= 0.6 is 0 Å². The SMILES string of the molecule is CN(C)Cc1c(O)ccc2c1c(C(=O)OC(C)(C)C)c(CS(=O)c1ccccc1C(F)(F)F)n2C. The Morgan fingerprint density at radius 2 is 1.74 bits per heavy atom. The molecule has 0 aliphatic heterocycles. The highest BCUT2D eigenvalue weighted by Gasteiger charge is 2.36. The Labute approximate surface area is 204 Å². The summed E-state index contributed by atoms with van der Waals surface area (Å²) in [6, 6.07) is 7.82. The molecule has 0 spiro atoms. The molecular weight excluding hydrogens is 481 g/mol.